The number of hydrogen-bond acceptors (Lipinski definition) is 6. The lowest BCUT2D eigenvalue weighted by Gasteiger charge is -2.36. The standard InChI is InChI=1S/C21H27N3O4/c1-21(2,3)28-20(26)24-10-9-17(18(25)13-24)19-22-11-16(12-23-19)27-14-15-7-5-4-6-8-15/h4-8,11-12,17-18,25H,9-10,13-14H2,1-3H3/t17-,18-/m0/s1. The lowest BCUT2D eigenvalue weighted by Crippen LogP contribution is -2.47. The Balaban J connectivity index is 1.55. The van der Waals surface area contributed by atoms with Crippen molar-refractivity contribution in [2.45, 2.75) is 51.4 Å². The second-order valence-corrected chi connectivity index (χ2v) is 7.94. The summed E-state index contributed by atoms with van der Waals surface area (Å²) in [6, 6.07) is 9.86. The Morgan fingerprint density at radius 3 is 2.50 bits per heavy atom. The number of carbonyl (C=O) groups excluding carboxylic acids is 1. The summed E-state index contributed by atoms with van der Waals surface area (Å²) in [5.74, 6) is 0.915. The van der Waals surface area contributed by atoms with Gasteiger partial charge in [0.2, 0.25) is 0 Å². The van der Waals surface area contributed by atoms with E-state index in [0.717, 1.165) is 5.56 Å². The van der Waals surface area contributed by atoms with E-state index in [4.69, 9.17) is 9.47 Å². The molecule has 1 aromatic carbocycles. The third kappa shape index (κ3) is 5.42. The van der Waals surface area contributed by atoms with Crippen LogP contribution in [0.1, 0.15) is 44.5 Å². The molecule has 150 valence electrons. The zero-order valence-corrected chi connectivity index (χ0v) is 16.5. The number of benzene rings is 1. The zero-order valence-electron chi connectivity index (χ0n) is 16.5. The molecule has 0 radical (unpaired) electrons. The molecule has 0 saturated carbocycles. The van der Waals surface area contributed by atoms with Crippen molar-refractivity contribution in [3.8, 4) is 5.75 Å². The number of carbonyl (C=O) groups is 1. The van der Waals surface area contributed by atoms with Crippen molar-refractivity contribution in [3.63, 3.8) is 0 Å². The van der Waals surface area contributed by atoms with E-state index in [9.17, 15) is 9.90 Å². The minimum Gasteiger partial charge on any atom is -0.486 e. The summed E-state index contributed by atoms with van der Waals surface area (Å²) >= 11 is 0. The molecular weight excluding hydrogens is 358 g/mol. The molecule has 1 N–H and O–H groups in total. The first-order valence-corrected chi connectivity index (χ1v) is 9.46. The predicted molar refractivity (Wildman–Crippen MR) is 104 cm³/mol. The average molecular weight is 385 g/mol. The summed E-state index contributed by atoms with van der Waals surface area (Å²) in [6.07, 6.45) is 2.68. The Hall–Kier alpha value is -2.67. The van der Waals surface area contributed by atoms with Crippen molar-refractivity contribution in [2.75, 3.05) is 13.1 Å². The molecule has 0 unspecified atom stereocenters. The van der Waals surface area contributed by atoms with Crippen LogP contribution in [-0.2, 0) is 11.3 Å². The van der Waals surface area contributed by atoms with E-state index in [1.54, 1.807) is 12.4 Å². The predicted octanol–water partition coefficient (Wildman–Crippen LogP) is 3.14. The maximum absolute atomic E-state index is 12.2. The molecule has 0 aliphatic carbocycles. The molecule has 1 saturated heterocycles. The molecule has 2 heterocycles. The highest BCUT2D eigenvalue weighted by atomic mass is 16.6. The van der Waals surface area contributed by atoms with Gasteiger partial charge in [-0.25, -0.2) is 14.8 Å². The maximum Gasteiger partial charge on any atom is 0.410 e. The first kappa shape index (κ1) is 20.1. The molecule has 1 fully saturated rings. The van der Waals surface area contributed by atoms with Crippen LogP contribution >= 0.6 is 0 Å². The van der Waals surface area contributed by atoms with Crippen molar-refractivity contribution in [1.29, 1.82) is 0 Å². The van der Waals surface area contributed by atoms with Crippen LogP contribution in [0.3, 0.4) is 0 Å². The van der Waals surface area contributed by atoms with Gasteiger partial charge in [0.15, 0.2) is 5.75 Å². The van der Waals surface area contributed by atoms with Gasteiger partial charge in [-0.05, 0) is 32.8 Å². The Kier molecular flexibility index (Phi) is 6.14. The number of aromatic nitrogens is 2. The average Bonchev–Trinajstić information content (AvgIpc) is 2.66. The van der Waals surface area contributed by atoms with E-state index in [1.165, 1.54) is 4.90 Å². The van der Waals surface area contributed by atoms with Crippen molar-refractivity contribution in [2.24, 2.45) is 0 Å². The van der Waals surface area contributed by atoms with Crippen molar-refractivity contribution >= 4 is 6.09 Å². The van der Waals surface area contributed by atoms with Gasteiger partial charge in [0.1, 0.15) is 18.0 Å². The quantitative estimate of drug-likeness (QED) is 0.870. The van der Waals surface area contributed by atoms with Crippen molar-refractivity contribution < 1.29 is 19.4 Å². The fourth-order valence-corrected chi connectivity index (χ4v) is 3.06. The Bertz CT molecular complexity index is 774. The fourth-order valence-electron chi connectivity index (χ4n) is 3.06. The molecule has 0 bridgehead atoms. The van der Waals surface area contributed by atoms with E-state index in [0.29, 0.717) is 31.1 Å². The summed E-state index contributed by atoms with van der Waals surface area (Å²) in [5, 5.41) is 10.5. The minimum absolute atomic E-state index is 0.204. The molecule has 1 aromatic heterocycles. The van der Waals surface area contributed by atoms with E-state index >= 15 is 0 Å². The second-order valence-electron chi connectivity index (χ2n) is 7.94. The normalized spacial score (nSPS) is 19.9. The highest BCUT2D eigenvalue weighted by Crippen LogP contribution is 2.27. The molecule has 1 amide bonds. The fraction of sp³-hybridized carbons (Fsp3) is 0.476. The van der Waals surface area contributed by atoms with E-state index < -0.39 is 17.8 Å². The van der Waals surface area contributed by atoms with Gasteiger partial charge in [-0.15, -0.1) is 0 Å². The first-order chi connectivity index (χ1) is 13.3. The topological polar surface area (TPSA) is 84.8 Å². The maximum atomic E-state index is 12.2. The lowest BCUT2D eigenvalue weighted by molar-refractivity contribution is -0.00235. The SMILES string of the molecule is CC(C)(C)OC(=O)N1CC[C@H](c2ncc(OCc3ccccc3)cn2)[C@@H](O)C1. The molecule has 3 rings (SSSR count). The summed E-state index contributed by atoms with van der Waals surface area (Å²) in [6.45, 7) is 6.61. The zero-order chi connectivity index (χ0) is 20.1. The molecule has 7 heteroatoms. The molecule has 7 nitrogen and oxygen atoms in total. The highest BCUT2D eigenvalue weighted by Gasteiger charge is 2.34. The Labute approximate surface area is 165 Å². The molecule has 1 aliphatic rings. The van der Waals surface area contributed by atoms with Gasteiger partial charge >= 0.3 is 6.09 Å². The largest absolute Gasteiger partial charge is 0.486 e. The van der Waals surface area contributed by atoms with Gasteiger partial charge in [-0.2, -0.15) is 0 Å². The van der Waals surface area contributed by atoms with Crippen LogP contribution in [0.25, 0.3) is 0 Å². The highest BCUT2D eigenvalue weighted by molar-refractivity contribution is 5.68. The van der Waals surface area contributed by atoms with E-state index in [2.05, 4.69) is 9.97 Å². The van der Waals surface area contributed by atoms with Crippen LogP contribution in [0.2, 0.25) is 0 Å². The molecule has 2 atom stereocenters. The number of likely N-dealkylation sites (tertiary alicyclic amines) is 1. The number of β-amino-alcohol motifs (C(OH)–C–C–N with tert-alkyl or cyclic N) is 1. The van der Waals surface area contributed by atoms with E-state index in [-0.39, 0.29) is 12.5 Å². The second kappa shape index (κ2) is 8.56. The van der Waals surface area contributed by atoms with Crippen LogP contribution in [0.15, 0.2) is 42.7 Å². The van der Waals surface area contributed by atoms with Crippen molar-refractivity contribution in [1.82, 2.24) is 14.9 Å². The van der Waals surface area contributed by atoms with Crippen LogP contribution in [0, 0.1) is 0 Å². The van der Waals surface area contributed by atoms with E-state index in [1.807, 2.05) is 51.1 Å². The summed E-state index contributed by atoms with van der Waals surface area (Å²) in [4.78, 5) is 22.4. The van der Waals surface area contributed by atoms with Gasteiger partial charge in [0.05, 0.1) is 25.0 Å². The number of ether oxygens (including phenoxy) is 2. The van der Waals surface area contributed by atoms with Gasteiger partial charge in [0.25, 0.3) is 0 Å². The van der Waals surface area contributed by atoms with Crippen LogP contribution in [0.5, 0.6) is 5.75 Å². The number of piperidine rings is 1. The minimum atomic E-state index is -0.739. The summed E-state index contributed by atoms with van der Waals surface area (Å²) < 4.78 is 11.1. The van der Waals surface area contributed by atoms with Gasteiger partial charge in [-0.1, -0.05) is 30.3 Å². The number of nitrogens with zero attached hydrogens (tertiary/aromatic N) is 3. The van der Waals surface area contributed by atoms with Crippen molar-refractivity contribution in [3.05, 3.63) is 54.1 Å². The molecule has 1 aliphatic heterocycles. The van der Waals surface area contributed by atoms with Crippen LogP contribution in [-0.4, -0.2) is 50.9 Å². The van der Waals surface area contributed by atoms with Crippen LogP contribution < -0.4 is 4.74 Å². The Morgan fingerprint density at radius 2 is 1.89 bits per heavy atom. The molecule has 0 spiro atoms. The number of aliphatic hydroxyl groups excluding tert-OH is 1. The monoisotopic (exact) mass is 385 g/mol. The number of rotatable bonds is 4. The van der Waals surface area contributed by atoms with Gasteiger partial charge in [-0.3, -0.25) is 0 Å². The smallest absolute Gasteiger partial charge is 0.410 e. The number of amides is 1. The number of hydrogen-bond donors (Lipinski definition) is 1. The van der Waals surface area contributed by atoms with Gasteiger partial charge < -0.3 is 19.5 Å². The Morgan fingerprint density at radius 1 is 1.21 bits per heavy atom. The molecule has 28 heavy (non-hydrogen) atoms. The number of aliphatic hydroxyl groups is 1. The summed E-state index contributed by atoms with van der Waals surface area (Å²) in [5.41, 5.74) is 0.508. The first-order valence-electron chi connectivity index (χ1n) is 9.46. The molecular formula is C21H27N3O4. The third-order valence-electron chi connectivity index (χ3n) is 4.46. The molecule has 2 aromatic rings. The lowest BCUT2D eigenvalue weighted by atomic mass is 9.93. The summed E-state index contributed by atoms with van der Waals surface area (Å²) in [7, 11) is 0. The van der Waals surface area contributed by atoms with Gasteiger partial charge in [0, 0.05) is 12.5 Å². The third-order valence-corrected chi connectivity index (χ3v) is 4.46. The van der Waals surface area contributed by atoms with Crippen LogP contribution in [0.4, 0.5) is 4.79 Å².